The maximum atomic E-state index is 13.0. The number of amides is 2. The van der Waals surface area contributed by atoms with Gasteiger partial charge in [-0.1, -0.05) is 0 Å². The van der Waals surface area contributed by atoms with E-state index in [1.165, 1.54) is 0 Å². The largest absolute Gasteiger partial charge is 0.341 e. The molecule has 2 amide bonds. The van der Waals surface area contributed by atoms with Crippen molar-refractivity contribution in [2.45, 2.75) is 39.5 Å². The fourth-order valence-electron chi connectivity index (χ4n) is 4.46. The molecular weight excluding hydrogens is 342 g/mol. The molecule has 7 heteroatoms. The zero-order valence-electron chi connectivity index (χ0n) is 17.4. The van der Waals surface area contributed by atoms with Gasteiger partial charge in [0.25, 0.3) is 5.91 Å². The lowest BCUT2D eigenvalue weighted by Crippen LogP contribution is -2.53. The number of carbonyl (C=O) groups is 2. The second-order valence-corrected chi connectivity index (χ2v) is 8.58. The summed E-state index contributed by atoms with van der Waals surface area (Å²) in [4.78, 5) is 31.5. The van der Waals surface area contributed by atoms with Gasteiger partial charge in [-0.3, -0.25) is 14.3 Å². The third kappa shape index (κ3) is 4.03. The molecule has 0 bridgehead atoms. The summed E-state index contributed by atoms with van der Waals surface area (Å²) in [6, 6.07) is 0. The van der Waals surface area contributed by atoms with E-state index in [0.717, 1.165) is 68.9 Å². The van der Waals surface area contributed by atoms with Gasteiger partial charge >= 0.3 is 0 Å². The Bertz CT molecular complexity index is 716. The number of aryl methyl sites for hydroxylation is 2. The SMILES string of the molecule is Cc1nn(C)c(C)c1C(=O)N1CCC2(CCC(=O)N(CCN(C)C)C2)CC1. The third-order valence-electron chi connectivity index (χ3n) is 6.40. The summed E-state index contributed by atoms with van der Waals surface area (Å²) in [5, 5.41) is 4.38. The van der Waals surface area contributed by atoms with Crippen molar-refractivity contribution in [3.8, 4) is 0 Å². The summed E-state index contributed by atoms with van der Waals surface area (Å²) in [5.41, 5.74) is 2.66. The molecule has 2 aliphatic rings. The van der Waals surface area contributed by atoms with Crippen LogP contribution in [0.2, 0.25) is 0 Å². The lowest BCUT2D eigenvalue weighted by Gasteiger charge is -2.47. The molecule has 0 saturated carbocycles. The highest BCUT2D eigenvalue weighted by atomic mass is 16.2. The predicted octanol–water partition coefficient (Wildman–Crippen LogP) is 1.44. The van der Waals surface area contributed by atoms with Crippen LogP contribution in [0.15, 0.2) is 0 Å². The highest BCUT2D eigenvalue weighted by Gasteiger charge is 2.42. The van der Waals surface area contributed by atoms with Crippen molar-refractivity contribution in [3.05, 3.63) is 17.0 Å². The molecule has 2 fully saturated rings. The Balaban J connectivity index is 1.64. The molecule has 3 rings (SSSR count). The zero-order valence-corrected chi connectivity index (χ0v) is 17.4. The van der Waals surface area contributed by atoms with Gasteiger partial charge in [0.05, 0.1) is 11.3 Å². The maximum Gasteiger partial charge on any atom is 0.257 e. The van der Waals surface area contributed by atoms with Crippen LogP contribution in [0.25, 0.3) is 0 Å². The first-order chi connectivity index (χ1) is 12.7. The smallest absolute Gasteiger partial charge is 0.257 e. The fourth-order valence-corrected chi connectivity index (χ4v) is 4.46. The van der Waals surface area contributed by atoms with Crippen molar-refractivity contribution in [2.24, 2.45) is 12.5 Å². The van der Waals surface area contributed by atoms with Gasteiger partial charge in [0.15, 0.2) is 0 Å². The van der Waals surface area contributed by atoms with E-state index >= 15 is 0 Å². The van der Waals surface area contributed by atoms with Crippen molar-refractivity contribution in [2.75, 3.05) is 46.8 Å². The molecule has 0 unspecified atom stereocenters. The number of carbonyl (C=O) groups excluding carboxylic acids is 2. The van der Waals surface area contributed by atoms with Gasteiger partial charge in [0.1, 0.15) is 0 Å². The van der Waals surface area contributed by atoms with E-state index in [4.69, 9.17) is 0 Å². The molecule has 1 aromatic heterocycles. The number of piperidine rings is 2. The minimum Gasteiger partial charge on any atom is -0.341 e. The van der Waals surface area contributed by atoms with Crippen LogP contribution in [0.1, 0.15) is 47.4 Å². The molecule has 0 aromatic carbocycles. The van der Waals surface area contributed by atoms with E-state index in [0.29, 0.717) is 6.42 Å². The van der Waals surface area contributed by atoms with Crippen LogP contribution in [-0.2, 0) is 11.8 Å². The predicted molar refractivity (Wildman–Crippen MR) is 105 cm³/mol. The van der Waals surface area contributed by atoms with Crippen LogP contribution in [0.5, 0.6) is 0 Å². The van der Waals surface area contributed by atoms with Crippen molar-refractivity contribution in [1.29, 1.82) is 0 Å². The Morgan fingerprint density at radius 3 is 2.41 bits per heavy atom. The minimum atomic E-state index is 0.101. The Morgan fingerprint density at radius 2 is 1.85 bits per heavy atom. The molecule has 0 atom stereocenters. The van der Waals surface area contributed by atoms with Crippen LogP contribution in [0, 0.1) is 19.3 Å². The number of aromatic nitrogens is 2. The summed E-state index contributed by atoms with van der Waals surface area (Å²) in [6.45, 7) is 7.92. The van der Waals surface area contributed by atoms with Crippen LogP contribution >= 0.6 is 0 Å². The molecule has 150 valence electrons. The van der Waals surface area contributed by atoms with Crippen molar-refractivity contribution < 1.29 is 9.59 Å². The molecular formula is C20H33N5O2. The van der Waals surface area contributed by atoms with E-state index < -0.39 is 0 Å². The second-order valence-electron chi connectivity index (χ2n) is 8.58. The molecule has 1 spiro atoms. The average molecular weight is 376 g/mol. The molecule has 2 saturated heterocycles. The summed E-state index contributed by atoms with van der Waals surface area (Å²) >= 11 is 0. The van der Waals surface area contributed by atoms with Crippen molar-refractivity contribution in [3.63, 3.8) is 0 Å². The number of likely N-dealkylation sites (N-methyl/N-ethyl adjacent to an activating group) is 1. The summed E-state index contributed by atoms with van der Waals surface area (Å²) in [7, 11) is 5.96. The lowest BCUT2D eigenvalue weighted by atomic mass is 9.72. The number of likely N-dealkylation sites (tertiary alicyclic amines) is 2. The molecule has 0 radical (unpaired) electrons. The first-order valence-corrected chi connectivity index (χ1v) is 9.94. The highest BCUT2D eigenvalue weighted by molar-refractivity contribution is 5.96. The van der Waals surface area contributed by atoms with Gasteiger partial charge in [0.2, 0.25) is 5.91 Å². The number of hydrogen-bond acceptors (Lipinski definition) is 4. The molecule has 3 heterocycles. The van der Waals surface area contributed by atoms with Crippen LogP contribution in [-0.4, -0.2) is 83.1 Å². The van der Waals surface area contributed by atoms with E-state index in [9.17, 15) is 9.59 Å². The second kappa shape index (κ2) is 7.62. The molecule has 1 aromatic rings. The van der Waals surface area contributed by atoms with Crippen molar-refractivity contribution in [1.82, 2.24) is 24.5 Å². The average Bonchev–Trinajstić information content (AvgIpc) is 2.88. The zero-order chi connectivity index (χ0) is 19.8. The van der Waals surface area contributed by atoms with Crippen LogP contribution in [0.4, 0.5) is 0 Å². The summed E-state index contributed by atoms with van der Waals surface area (Å²) < 4.78 is 1.78. The van der Waals surface area contributed by atoms with Gasteiger partial charge in [-0.15, -0.1) is 0 Å². The molecule has 2 aliphatic heterocycles. The van der Waals surface area contributed by atoms with E-state index in [1.54, 1.807) is 4.68 Å². The fraction of sp³-hybridized carbons (Fsp3) is 0.750. The van der Waals surface area contributed by atoms with Gasteiger partial charge in [-0.05, 0) is 52.6 Å². The Hall–Kier alpha value is -1.89. The highest BCUT2D eigenvalue weighted by Crippen LogP contribution is 2.40. The van der Waals surface area contributed by atoms with Gasteiger partial charge in [-0.2, -0.15) is 5.10 Å². The third-order valence-corrected chi connectivity index (χ3v) is 6.40. The topological polar surface area (TPSA) is 61.7 Å². The van der Waals surface area contributed by atoms with E-state index in [2.05, 4.69) is 10.00 Å². The molecule has 27 heavy (non-hydrogen) atoms. The van der Waals surface area contributed by atoms with E-state index in [1.807, 2.05) is 44.8 Å². The maximum absolute atomic E-state index is 13.0. The van der Waals surface area contributed by atoms with Gasteiger partial charge < -0.3 is 14.7 Å². The Kier molecular flexibility index (Phi) is 5.60. The van der Waals surface area contributed by atoms with Crippen LogP contribution < -0.4 is 0 Å². The van der Waals surface area contributed by atoms with Crippen LogP contribution in [0.3, 0.4) is 0 Å². The standard InChI is InChI=1S/C20H33N5O2/c1-15-18(16(2)23(5)21-15)19(27)24-10-8-20(9-11-24)7-6-17(26)25(14-20)13-12-22(3)4/h6-14H2,1-5H3. The quantitative estimate of drug-likeness (QED) is 0.799. The number of hydrogen-bond donors (Lipinski definition) is 0. The number of rotatable bonds is 4. The molecule has 0 aliphatic carbocycles. The van der Waals surface area contributed by atoms with Gasteiger partial charge in [-0.25, -0.2) is 0 Å². The van der Waals surface area contributed by atoms with E-state index in [-0.39, 0.29) is 17.2 Å². The van der Waals surface area contributed by atoms with Gasteiger partial charge in [0, 0.05) is 51.9 Å². The Labute approximate surface area is 162 Å². The summed E-state index contributed by atoms with van der Waals surface area (Å²) in [5.74, 6) is 0.381. The molecule has 7 nitrogen and oxygen atoms in total. The van der Waals surface area contributed by atoms with Crippen molar-refractivity contribution >= 4 is 11.8 Å². The Morgan fingerprint density at radius 1 is 1.19 bits per heavy atom. The lowest BCUT2D eigenvalue weighted by molar-refractivity contribution is -0.139. The summed E-state index contributed by atoms with van der Waals surface area (Å²) in [6.07, 6.45) is 3.55. The normalized spacial score (nSPS) is 20.0. The minimum absolute atomic E-state index is 0.101. The molecule has 0 N–H and O–H groups in total. The number of nitrogens with zero attached hydrogens (tertiary/aromatic N) is 5. The first-order valence-electron chi connectivity index (χ1n) is 9.94. The first kappa shape index (κ1) is 19.9. The monoisotopic (exact) mass is 375 g/mol.